The van der Waals surface area contributed by atoms with E-state index in [2.05, 4.69) is 0 Å². The second-order valence-corrected chi connectivity index (χ2v) is 5.33. The molecule has 1 unspecified atom stereocenters. The Kier molecular flexibility index (Phi) is 2.82. The van der Waals surface area contributed by atoms with Crippen LogP contribution >= 0.6 is 0 Å². The van der Waals surface area contributed by atoms with Gasteiger partial charge in [0.2, 0.25) is 0 Å². The molecule has 1 fully saturated rings. The van der Waals surface area contributed by atoms with Crippen LogP contribution < -0.4 is 4.74 Å². The highest BCUT2D eigenvalue weighted by molar-refractivity contribution is 5.73. The Morgan fingerprint density at radius 2 is 2.11 bits per heavy atom. The van der Waals surface area contributed by atoms with E-state index in [1.807, 2.05) is 0 Å². The second kappa shape index (κ2) is 4.27. The average Bonchev–Trinajstić information content (AvgIpc) is 2.42. The fraction of sp³-hybridized carbons (Fsp3) is 0.500. The number of carbonyl (C=O) groups excluding carboxylic acids is 1. The zero-order chi connectivity index (χ0) is 13.6. The minimum atomic E-state index is -1.07. The van der Waals surface area contributed by atoms with Gasteiger partial charge in [0.05, 0.1) is 18.1 Å². The van der Waals surface area contributed by atoms with Gasteiger partial charge in [-0.25, -0.2) is 8.78 Å². The third kappa shape index (κ3) is 1.68. The topological polar surface area (TPSA) is 46.5 Å². The van der Waals surface area contributed by atoms with Crippen LogP contribution in [0.4, 0.5) is 8.78 Å². The molecular weight excluding hydrogens is 254 g/mol. The van der Waals surface area contributed by atoms with Crippen LogP contribution in [0, 0.1) is 17.6 Å². The molecule has 1 saturated carbocycles. The summed E-state index contributed by atoms with van der Waals surface area (Å²) in [5, 5.41) is 9.69. The molecule has 1 N–H and O–H groups in total. The number of rotatable bonds is 1. The van der Waals surface area contributed by atoms with Crippen molar-refractivity contribution in [3.8, 4) is 5.75 Å². The van der Waals surface area contributed by atoms with Gasteiger partial charge in [0.1, 0.15) is 12.1 Å². The molecule has 1 aromatic rings. The highest BCUT2D eigenvalue weighted by atomic mass is 19.1. The number of fused-ring (bicyclic) bond motifs is 3. The number of aliphatic hydroxyl groups is 1. The maximum absolute atomic E-state index is 14.1. The Morgan fingerprint density at radius 3 is 2.84 bits per heavy atom. The lowest BCUT2D eigenvalue weighted by molar-refractivity contribution is -0.119. The molecule has 0 radical (unpaired) electrons. The lowest BCUT2D eigenvalue weighted by atomic mass is 9.61. The summed E-state index contributed by atoms with van der Waals surface area (Å²) in [6.07, 6.45) is 1.28. The fourth-order valence-corrected chi connectivity index (χ4v) is 3.32. The Balaban J connectivity index is 2.19. The van der Waals surface area contributed by atoms with Crippen LogP contribution in [0.25, 0.3) is 0 Å². The number of ether oxygens (including phenoxy) is 1. The molecule has 3 atom stereocenters. The van der Waals surface area contributed by atoms with E-state index in [1.165, 1.54) is 0 Å². The summed E-state index contributed by atoms with van der Waals surface area (Å²) >= 11 is 0. The summed E-state index contributed by atoms with van der Waals surface area (Å²) in [6, 6.07) is 2.03. The van der Waals surface area contributed by atoms with E-state index in [0.717, 1.165) is 12.1 Å². The predicted molar refractivity (Wildman–Crippen MR) is 62.9 cm³/mol. The molecule has 102 valence electrons. The van der Waals surface area contributed by atoms with E-state index in [-0.39, 0.29) is 23.8 Å². The highest BCUT2D eigenvalue weighted by Gasteiger charge is 2.51. The highest BCUT2D eigenvalue weighted by Crippen LogP contribution is 2.50. The Labute approximate surface area is 109 Å². The molecule has 3 nitrogen and oxygen atoms in total. The van der Waals surface area contributed by atoms with Gasteiger partial charge in [-0.2, -0.15) is 0 Å². The van der Waals surface area contributed by atoms with Crippen molar-refractivity contribution >= 4 is 6.29 Å². The standard InChI is InChI=1S/C14H14F2O3/c15-10-1-2-11(16)13-12(10)14(7-17)4-3-9(18)5-8(14)6-19-13/h1-2,7-9,18H,3-6H2/t8-,9+,14?/m1/s1. The van der Waals surface area contributed by atoms with Gasteiger partial charge in [0.25, 0.3) is 0 Å². The van der Waals surface area contributed by atoms with Gasteiger partial charge in [0.15, 0.2) is 11.6 Å². The van der Waals surface area contributed by atoms with Gasteiger partial charge in [-0.15, -0.1) is 0 Å². The van der Waals surface area contributed by atoms with E-state index >= 15 is 0 Å². The summed E-state index contributed by atoms with van der Waals surface area (Å²) in [5.41, 5.74) is -1.05. The average molecular weight is 268 g/mol. The van der Waals surface area contributed by atoms with Crippen molar-refractivity contribution in [1.29, 1.82) is 0 Å². The molecule has 5 heteroatoms. The maximum Gasteiger partial charge on any atom is 0.165 e. The van der Waals surface area contributed by atoms with Gasteiger partial charge in [-0.1, -0.05) is 0 Å². The summed E-state index contributed by atoms with van der Waals surface area (Å²) in [4.78, 5) is 11.6. The first-order valence-electron chi connectivity index (χ1n) is 6.34. The molecule has 1 aromatic carbocycles. The Hall–Kier alpha value is -1.49. The summed E-state index contributed by atoms with van der Waals surface area (Å²) in [6.45, 7) is 0.128. The van der Waals surface area contributed by atoms with E-state index < -0.39 is 23.2 Å². The molecule has 0 amide bonds. The lowest BCUT2D eigenvalue weighted by Gasteiger charge is -2.45. The second-order valence-electron chi connectivity index (χ2n) is 5.33. The van der Waals surface area contributed by atoms with Crippen molar-refractivity contribution in [3.63, 3.8) is 0 Å². The third-order valence-electron chi connectivity index (χ3n) is 4.34. The van der Waals surface area contributed by atoms with Crippen LogP contribution in [0.2, 0.25) is 0 Å². The van der Waals surface area contributed by atoms with Crippen LogP contribution in [0.15, 0.2) is 12.1 Å². The quantitative estimate of drug-likeness (QED) is 0.792. The zero-order valence-electron chi connectivity index (χ0n) is 10.2. The molecule has 0 bridgehead atoms. The van der Waals surface area contributed by atoms with Gasteiger partial charge in [-0.05, 0) is 31.4 Å². The molecule has 1 aliphatic carbocycles. The maximum atomic E-state index is 14.1. The number of aldehydes is 1. The number of hydrogen-bond acceptors (Lipinski definition) is 3. The monoisotopic (exact) mass is 268 g/mol. The van der Waals surface area contributed by atoms with Crippen LogP contribution in [-0.4, -0.2) is 24.1 Å². The first-order chi connectivity index (χ1) is 9.08. The molecule has 1 aliphatic heterocycles. The number of benzene rings is 1. The molecule has 0 aromatic heterocycles. The van der Waals surface area contributed by atoms with Gasteiger partial charge in [0, 0.05) is 11.5 Å². The number of carbonyl (C=O) groups is 1. The summed E-state index contributed by atoms with van der Waals surface area (Å²) in [7, 11) is 0. The molecule has 1 heterocycles. The molecule has 2 aliphatic rings. The van der Waals surface area contributed by atoms with E-state index in [4.69, 9.17) is 4.74 Å². The van der Waals surface area contributed by atoms with Crippen molar-refractivity contribution in [3.05, 3.63) is 29.3 Å². The number of aliphatic hydroxyl groups excluding tert-OH is 1. The minimum absolute atomic E-state index is 0.0191. The number of hydrogen-bond donors (Lipinski definition) is 1. The van der Waals surface area contributed by atoms with Crippen molar-refractivity contribution in [2.75, 3.05) is 6.61 Å². The van der Waals surface area contributed by atoms with Crippen molar-refractivity contribution in [2.45, 2.75) is 30.8 Å². The molecule has 0 saturated heterocycles. The lowest BCUT2D eigenvalue weighted by Crippen LogP contribution is -2.49. The molecular formula is C14H14F2O3. The first kappa shape index (κ1) is 12.5. The number of halogens is 2. The molecule has 19 heavy (non-hydrogen) atoms. The smallest absolute Gasteiger partial charge is 0.165 e. The Morgan fingerprint density at radius 1 is 1.37 bits per heavy atom. The van der Waals surface area contributed by atoms with Crippen molar-refractivity contribution < 1.29 is 23.4 Å². The van der Waals surface area contributed by atoms with Crippen molar-refractivity contribution in [1.82, 2.24) is 0 Å². The Bertz CT molecular complexity index is 532. The normalized spacial score (nSPS) is 33.0. The minimum Gasteiger partial charge on any atom is -0.490 e. The van der Waals surface area contributed by atoms with E-state index in [0.29, 0.717) is 25.5 Å². The fourth-order valence-electron chi connectivity index (χ4n) is 3.32. The predicted octanol–water partition coefficient (Wildman–Crippen LogP) is 1.95. The van der Waals surface area contributed by atoms with Crippen molar-refractivity contribution in [2.24, 2.45) is 5.92 Å². The summed E-state index contributed by atoms with van der Waals surface area (Å²) < 4.78 is 33.1. The SMILES string of the molecule is O=CC12CC[C@H](O)C[C@@H]1COc1c(F)ccc(F)c12. The first-order valence-corrected chi connectivity index (χ1v) is 6.34. The zero-order valence-corrected chi connectivity index (χ0v) is 10.2. The third-order valence-corrected chi connectivity index (χ3v) is 4.34. The van der Waals surface area contributed by atoms with Gasteiger partial charge < -0.3 is 14.6 Å². The van der Waals surface area contributed by atoms with Gasteiger partial charge >= 0.3 is 0 Å². The van der Waals surface area contributed by atoms with Crippen LogP contribution in [0.5, 0.6) is 5.75 Å². The van der Waals surface area contributed by atoms with Crippen LogP contribution in [-0.2, 0) is 10.2 Å². The summed E-state index contributed by atoms with van der Waals surface area (Å²) in [5.74, 6) is -1.73. The molecule has 0 spiro atoms. The largest absolute Gasteiger partial charge is 0.490 e. The van der Waals surface area contributed by atoms with E-state index in [1.54, 1.807) is 0 Å². The van der Waals surface area contributed by atoms with Crippen LogP contribution in [0.1, 0.15) is 24.8 Å². The van der Waals surface area contributed by atoms with E-state index in [9.17, 15) is 18.7 Å². The van der Waals surface area contributed by atoms with Gasteiger partial charge in [-0.3, -0.25) is 0 Å². The van der Waals surface area contributed by atoms with Crippen LogP contribution in [0.3, 0.4) is 0 Å². The molecule has 3 rings (SSSR count).